The van der Waals surface area contributed by atoms with Crippen molar-refractivity contribution in [2.24, 2.45) is 0 Å². The molecule has 1 rings (SSSR count). The summed E-state index contributed by atoms with van der Waals surface area (Å²) in [5.74, 6) is 0.227. The molecule has 3 nitrogen and oxygen atoms in total. The van der Waals surface area contributed by atoms with Crippen molar-refractivity contribution < 1.29 is 4.21 Å². The molecule has 0 radical (unpaired) electrons. The van der Waals surface area contributed by atoms with Gasteiger partial charge in [0.15, 0.2) is 0 Å². The molecule has 0 fully saturated rings. The Bertz CT molecular complexity index is 398. The summed E-state index contributed by atoms with van der Waals surface area (Å²) in [5, 5.41) is 0.380. The third-order valence-electron chi connectivity index (χ3n) is 1.26. The van der Waals surface area contributed by atoms with Gasteiger partial charge < -0.3 is 0 Å². The zero-order valence-electron chi connectivity index (χ0n) is 6.88. The molecule has 1 heterocycles. The van der Waals surface area contributed by atoms with Crippen LogP contribution in [0, 0.1) is 8.48 Å². The second kappa shape index (κ2) is 4.10. The molecule has 0 bridgehead atoms. The zero-order chi connectivity index (χ0) is 10.1. The fourth-order valence-electron chi connectivity index (χ4n) is 0.916. The van der Waals surface area contributed by atoms with Gasteiger partial charge in [0.25, 0.3) is 0 Å². The summed E-state index contributed by atoms with van der Waals surface area (Å²) in [7, 11) is -2.50. The van der Waals surface area contributed by atoms with Gasteiger partial charge in [-0.2, -0.15) is 0 Å². The highest BCUT2D eigenvalue weighted by molar-refractivity contribution is 14.1. The normalized spacial score (nSPS) is 15.3. The Hall–Kier alpha value is 0.120. The van der Waals surface area contributed by atoms with Crippen molar-refractivity contribution in [3.8, 4) is 0 Å². The third-order valence-corrected chi connectivity index (χ3v) is 2.90. The predicted octanol–water partition coefficient (Wildman–Crippen LogP) is 2.52. The minimum Gasteiger partial charge on any atom is -0.253 e. The molecule has 13 heavy (non-hydrogen) atoms. The molecule has 6 heteroatoms. The monoisotopic (exact) mass is 330 g/mol. The lowest BCUT2D eigenvalue weighted by molar-refractivity contribution is 0.678. The van der Waals surface area contributed by atoms with Crippen molar-refractivity contribution in [3.05, 3.63) is 26.5 Å². The van der Waals surface area contributed by atoms with Gasteiger partial charge in [0, 0.05) is 16.0 Å². The standard InChI is InChI=1S/C7H8ClIN2OS/c1-13(10,12)4-5-2-6(8)11-7(9)3-5/h2-3,10H,4H2,1H3. The zero-order valence-corrected chi connectivity index (χ0v) is 10.6. The number of halogens is 2. The molecule has 0 aromatic carbocycles. The van der Waals surface area contributed by atoms with Gasteiger partial charge in [0.2, 0.25) is 0 Å². The minimum atomic E-state index is -2.50. The Balaban J connectivity index is 3.03. The van der Waals surface area contributed by atoms with Gasteiger partial charge in [-0.1, -0.05) is 11.6 Å². The Morgan fingerprint density at radius 1 is 1.69 bits per heavy atom. The van der Waals surface area contributed by atoms with E-state index < -0.39 is 9.73 Å². The average molecular weight is 331 g/mol. The Kier molecular flexibility index (Phi) is 3.53. The van der Waals surface area contributed by atoms with Gasteiger partial charge in [0.1, 0.15) is 8.85 Å². The fraction of sp³-hybridized carbons (Fsp3) is 0.286. The number of nitrogens with zero attached hydrogens (tertiary/aromatic N) is 1. The van der Waals surface area contributed by atoms with Crippen molar-refractivity contribution in [2.75, 3.05) is 6.26 Å². The average Bonchev–Trinajstić information content (AvgIpc) is 1.78. The van der Waals surface area contributed by atoms with E-state index in [1.165, 1.54) is 6.26 Å². The van der Waals surface area contributed by atoms with E-state index in [1.54, 1.807) is 12.1 Å². The summed E-state index contributed by atoms with van der Waals surface area (Å²) in [4.78, 5) is 3.96. The molecule has 1 N–H and O–H groups in total. The van der Waals surface area contributed by atoms with Gasteiger partial charge in [-0.05, 0) is 40.3 Å². The molecule has 72 valence electrons. The summed E-state index contributed by atoms with van der Waals surface area (Å²) in [5.41, 5.74) is 0.798. The Morgan fingerprint density at radius 3 is 2.77 bits per heavy atom. The molecule has 1 aromatic rings. The molecule has 0 spiro atoms. The number of aromatic nitrogens is 1. The second-order valence-electron chi connectivity index (χ2n) is 2.77. The van der Waals surface area contributed by atoms with Crippen molar-refractivity contribution in [1.82, 2.24) is 4.98 Å². The van der Waals surface area contributed by atoms with Crippen LogP contribution in [-0.4, -0.2) is 15.4 Å². The molecule has 0 saturated heterocycles. The van der Waals surface area contributed by atoms with Gasteiger partial charge in [-0.15, -0.1) is 0 Å². The highest BCUT2D eigenvalue weighted by Gasteiger charge is 2.03. The largest absolute Gasteiger partial charge is 0.253 e. The maximum atomic E-state index is 11.2. The molecule has 0 aliphatic heterocycles. The topological polar surface area (TPSA) is 53.8 Å². The summed E-state index contributed by atoms with van der Waals surface area (Å²) in [6, 6.07) is 3.42. The van der Waals surface area contributed by atoms with E-state index in [0.29, 0.717) is 5.15 Å². The van der Waals surface area contributed by atoms with Crippen LogP contribution in [0.25, 0.3) is 0 Å². The molecule has 0 aliphatic rings. The number of nitrogens with one attached hydrogen (secondary N) is 1. The lowest BCUT2D eigenvalue weighted by atomic mass is 10.3. The first kappa shape index (κ1) is 11.2. The van der Waals surface area contributed by atoms with Gasteiger partial charge >= 0.3 is 0 Å². The molecule has 1 aromatic heterocycles. The second-order valence-corrected chi connectivity index (χ2v) is 6.56. The fourth-order valence-corrected chi connectivity index (χ4v) is 2.75. The first-order chi connectivity index (χ1) is 5.87. The first-order valence-electron chi connectivity index (χ1n) is 3.40. The summed E-state index contributed by atoms with van der Waals surface area (Å²) in [6.45, 7) is 0. The number of hydrogen-bond acceptors (Lipinski definition) is 3. The molecule has 1 unspecified atom stereocenters. The van der Waals surface area contributed by atoms with E-state index in [0.717, 1.165) is 9.26 Å². The lowest BCUT2D eigenvalue weighted by Crippen LogP contribution is -1.99. The summed E-state index contributed by atoms with van der Waals surface area (Å²) < 4.78 is 19.2. The molecule has 1 atom stereocenters. The molecule has 0 aliphatic carbocycles. The lowest BCUT2D eigenvalue weighted by Gasteiger charge is -2.02. The van der Waals surface area contributed by atoms with Crippen LogP contribution in [0.3, 0.4) is 0 Å². The predicted molar refractivity (Wildman–Crippen MR) is 62.5 cm³/mol. The van der Waals surface area contributed by atoms with Crippen LogP contribution in [0.5, 0.6) is 0 Å². The summed E-state index contributed by atoms with van der Waals surface area (Å²) >= 11 is 7.74. The molecule has 0 amide bonds. The smallest absolute Gasteiger partial charge is 0.130 e. The van der Waals surface area contributed by atoms with E-state index in [2.05, 4.69) is 4.98 Å². The number of hydrogen-bond donors (Lipinski definition) is 1. The van der Waals surface area contributed by atoms with Crippen LogP contribution in [-0.2, 0) is 15.5 Å². The number of pyridine rings is 1. The van der Waals surface area contributed by atoms with Crippen LogP contribution in [0.4, 0.5) is 0 Å². The first-order valence-corrected chi connectivity index (χ1v) is 6.99. The van der Waals surface area contributed by atoms with Gasteiger partial charge in [-0.3, -0.25) is 4.78 Å². The summed E-state index contributed by atoms with van der Waals surface area (Å²) in [6.07, 6.45) is 1.41. The van der Waals surface area contributed by atoms with Crippen molar-refractivity contribution in [3.63, 3.8) is 0 Å². The van der Waals surface area contributed by atoms with Gasteiger partial charge in [0.05, 0.1) is 5.75 Å². The molecular weight excluding hydrogens is 323 g/mol. The van der Waals surface area contributed by atoms with E-state index in [9.17, 15) is 4.21 Å². The van der Waals surface area contributed by atoms with Crippen molar-refractivity contribution >= 4 is 43.9 Å². The SMILES string of the molecule is CS(=N)(=O)Cc1cc(Cl)nc(I)c1. The van der Waals surface area contributed by atoms with E-state index in [-0.39, 0.29) is 5.75 Å². The van der Waals surface area contributed by atoms with Gasteiger partial charge in [-0.25, -0.2) is 9.19 Å². The van der Waals surface area contributed by atoms with E-state index in [1.807, 2.05) is 22.6 Å². The quantitative estimate of drug-likeness (QED) is 0.669. The van der Waals surface area contributed by atoms with Crippen molar-refractivity contribution in [2.45, 2.75) is 5.75 Å². The maximum absolute atomic E-state index is 11.2. The minimum absolute atomic E-state index is 0.227. The molecular formula is C7H8ClIN2OS. The van der Waals surface area contributed by atoms with Crippen LogP contribution < -0.4 is 0 Å². The van der Waals surface area contributed by atoms with Crippen LogP contribution in [0.15, 0.2) is 12.1 Å². The van der Waals surface area contributed by atoms with Crippen LogP contribution in [0.2, 0.25) is 5.15 Å². The highest BCUT2D eigenvalue weighted by atomic mass is 127. The molecule has 0 saturated carbocycles. The highest BCUT2D eigenvalue weighted by Crippen LogP contribution is 2.14. The van der Waals surface area contributed by atoms with Crippen molar-refractivity contribution in [1.29, 1.82) is 4.78 Å². The van der Waals surface area contributed by atoms with E-state index in [4.69, 9.17) is 16.4 Å². The Morgan fingerprint density at radius 2 is 2.31 bits per heavy atom. The third kappa shape index (κ3) is 4.24. The van der Waals surface area contributed by atoms with Crippen LogP contribution in [0.1, 0.15) is 5.56 Å². The maximum Gasteiger partial charge on any atom is 0.130 e. The van der Waals surface area contributed by atoms with E-state index >= 15 is 0 Å². The van der Waals surface area contributed by atoms with Crippen LogP contribution >= 0.6 is 34.2 Å². The Labute approximate surface area is 96.0 Å². The number of rotatable bonds is 2.